The summed E-state index contributed by atoms with van der Waals surface area (Å²) in [5.41, 5.74) is 4.56. The lowest BCUT2D eigenvalue weighted by Gasteiger charge is -2.28. The Labute approximate surface area is 106 Å². The van der Waals surface area contributed by atoms with E-state index >= 15 is 0 Å². The zero-order chi connectivity index (χ0) is 12.5. The van der Waals surface area contributed by atoms with Crippen molar-refractivity contribution in [3.8, 4) is 0 Å². The van der Waals surface area contributed by atoms with Crippen LogP contribution in [0.1, 0.15) is 21.5 Å². The first-order valence-electron chi connectivity index (χ1n) is 6.22. The third-order valence-corrected chi connectivity index (χ3v) is 3.69. The van der Waals surface area contributed by atoms with E-state index in [9.17, 15) is 4.79 Å². The van der Waals surface area contributed by atoms with E-state index in [1.165, 1.54) is 16.8 Å². The molecule has 0 radical (unpaired) electrons. The number of ether oxygens (including phenoxy) is 1. The number of hydrogen-bond acceptors (Lipinski definition) is 4. The minimum Gasteiger partial charge on any atom is -0.382 e. The summed E-state index contributed by atoms with van der Waals surface area (Å²) in [6.45, 7) is 1.52. The van der Waals surface area contributed by atoms with Gasteiger partial charge in [-0.15, -0.1) is 0 Å². The number of carbonyl (C=O) groups is 1. The monoisotopic (exact) mass is 244 g/mol. The number of aldehydes is 1. The average molecular weight is 244 g/mol. The number of methoxy groups -OCH3 is 1. The fourth-order valence-corrected chi connectivity index (χ4v) is 2.67. The normalized spacial score (nSPS) is 20.7. The molecule has 0 N–H and O–H groups in total. The van der Waals surface area contributed by atoms with E-state index < -0.39 is 0 Å². The minimum atomic E-state index is 0.219. The van der Waals surface area contributed by atoms with Crippen molar-refractivity contribution in [1.82, 2.24) is 0 Å². The molecule has 1 atom stereocenters. The van der Waals surface area contributed by atoms with Gasteiger partial charge in [0.2, 0.25) is 0 Å². The summed E-state index contributed by atoms with van der Waals surface area (Å²) in [6, 6.07) is 4.16. The van der Waals surface area contributed by atoms with Crippen LogP contribution in [0.25, 0.3) is 0 Å². The molecule has 0 aromatic heterocycles. The van der Waals surface area contributed by atoms with Gasteiger partial charge in [0.05, 0.1) is 19.0 Å². The molecule has 94 valence electrons. The maximum absolute atomic E-state index is 10.9. The highest BCUT2D eigenvalue weighted by atomic mass is 16.5. The maximum Gasteiger partial charge on any atom is 0.150 e. The van der Waals surface area contributed by atoms with Crippen molar-refractivity contribution in [2.45, 2.75) is 18.9 Å². The number of rotatable bonds is 4. The first-order valence-corrected chi connectivity index (χ1v) is 6.22. The van der Waals surface area contributed by atoms with Crippen LogP contribution < -0.4 is 4.90 Å². The lowest BCUT2D eigenvalue weighted by molar-refractivity contribution is 0.112. The van der Waals surface area contributed by atoms with Crippen LogP contribution in [-0.4, -0.2) is 38.9 Å². The SMILES string of the molecule is COCC1CN(c2ccc(C=O)c3c2CC3)C=N1. The molecule has 3 rings (SSSR count). The minimum absolute atomic E-state index is 0.219. The predicted octanol–water partition coefficient (Wildman–Crippen LogP) is 1.46. The molecule has 1 aliphatic heterocycles. The Morgan fingerprint density at radius 2 is 2.28 bits per heavy atom. The topological polar surface area (TPSA) is 41.9 Å². The summed E-state index contributed by atoms with van der Waals surface area (Å²) in [4.78, 5) is 17.5. The van der Waals surface area contributed by atoms with Crippen molar-refractivity contribution in [2.75, 3.05) is 25.2 Å². The highest BCUT2D eigenvalue weighted by Crippen LogP contribution is 2.35. The Hall–Kier alpha value is -1.68. The first kappa shape index (κ1) is 11.4. The lowest BCUT2D eigenvalue weighted by atomic mass is 9.83. The second kappa shape index (κ2) is 4.53. The smallest absolute Gasteiger partial charge is 0.150 e. The summed E-state index contributed by atoms with van der Waals surface area (Å²) in [6.07, 6.45) is 4.92. The molecule has 1 aliphatic carbocycles. The fraction of sp³-hybridized carbons (Fsp3) is 0.429. The van der Waals surface area contributed by atoms with Crippen LogP contribution in [0.15, 0.2) is 17.1 Å². The first-order chi connectivity index (χ1) is 8.83. The standard InChI is InChI=1S/C14H16N2O2/c1-18-8-11-6-16(9-15-11)14-5-2-10(7-17)12-3-4-13(12)14/h2,5,7,9,11H,3-4,6,8H2,1H3. The van der Waals surface area contributed by atoms with Gasteiger partial charge >= 0.3 is 0 Å². The molecule has 4 nitrogen and oxygen atoms in total. The average Bonchev–Trinajstić information content (AvgIpc) is 2.78. The number of carbonyl (C=O) groups excluding carboxylic acids is 1. The summed E-state index contributed by atoms with van der Waals surface area (Å²) in [5, 5.41) is 0. The fourth-order valence-electron chi connectivity index (χ4n) is 2.67. The van der Waals surface area contributed by atoms with Crippen LogP contribution in [0.4, 0.5) is 5.69 Å². The third-order valence-electron chi connectivity index (χ3n) is 3.69. The molecule has 0 saturated carbocycles. The largest absolute Gasteiger partial charge is 0.382 e. The van der Waals surface area contributed by atoms with Gasteiger partial charge in [0.25, 0.3) is 0 Å². The van der Waals surface area contributed by atoms with Gasteiger partial charge < -0.3 is 9.64 Å². The Morgan fingerprint density at radius 3 is 2.94 bits per heavy atom. The quantitative estimate of drug-likeness (QED) is 0.753. The van der Waals surface area contributed by atoms with Gasteiger partial charge in [-0.25, -0.2) is 0 Å². The molecule has 1 aromatic rings. The van der Waals surface area contributed by atoms with Crippen molar-refractivity contribution < 1.29 is 9.53 Å². The third kappa shape index (κ3) is 1.73. The Morgan fingerprint density at radius 1 is 1.44 bits per heavy atom. The molecule has 0 spiro atoms. The molecule has 18 heavy (non-hydrogen) atoms. The molecule has 4 heteroatoms. The van der Waals surface area contributed by atoms with Crippen LogP contribution in [0, 0.1) is 0 Å². The van der Waals surface area contributed by atoms with Gasteiger partial charge in [0.15, 0.2) is 0 Å². The predicted molar refractivity (Wildman–Crippen MR) is 70.7 cm³/mol. The molecular formula is C14H16N2O2. The van der Waals surface area contributed by atoms with Gasteiger partial charge in [-0.3, -0.25) is 9.79 Å². The van der Waals surface area contributed by atoms with E-state index in [4.69, 9.17) is 4.74 Å². The van der Waals surface area contributed by atoms with Crippen LogP contribution in [-0.2, 0) is 17.6 Å². The number of anilines is 1. The number of benzene rings is 1. The number of hydrogen-bond donors (Lipinski definition) is 0. The van der Waals surface area contributed by atoms with E-state index in [0.717, 1.165) is 31.2 Å². The summed E-state index contributed by atoms with van der Waals surface area (Å²) in [5.74, 6) is 0. The van der Waals surface area contributed by atoms with E-state index in [-0.39, 0.29) is 6.04 Å². The van der Waals surface area contributed by atoms with E-state index in [1.807, 2.05) is 18.5 Å². The van der Waals surface area contributed by atoms with Crippen molar-refractivity contribution in [2.24, 2.45) is 4.99 Å². The zero-order valence-corrected chi connectivity index (χ0v) is 10.4. The summed E-state index contributed by atoms with van der Waals surface area (Å²) >= 11 is 0. The Balaban J connectivity index is 1.85. The van der Waals surface area contributed by atoms with Gasteiger partial charge in [-0.05, 0) is 36.1 Å². The second-order valence-electron chi connectivity index (χ2n) is 4.77. The van der Waals surface area contributed by atoms with Crippen LogP contribution in [0.2, 0.25) is 0 Å². The number of aliphatic imine (C=N–C) groups is 1. The van der Waals surface area contributed by atoms with Gasteiger partial charge in [-0.1, -0.05) is 0 Å². The summed E-state index contributed by atoms with van der Waals surface area (Å²) in [7, 11) is 1.70. The lowest BCUT2D eigenvalue weighted by Crippen LogP contribution is -2.28. The highest BCUT2D eigenvalue weighted by Gasteiger charge is 2.26. The Kier molecular flexibility index (Phi) is 2.88. The van der Waals surface area contributed by atoms with Crippen molar-refractivity contribution in [3.63, 3.8) is 0 Å². The molecule has 0 amide bonds. The molecular weight excluding hydrogens is 228 g/mol. The highest BCUT2D eigenvalue weighted by molar-refractivity contribution is 5.87. The van der Waals surface area contributed by atoms with Gasteiger partial charge in [0, 0.05) is 24.9 Å². The van der Waals surface area contributed by atoms with Crippen molar-refractivity contribution in [1.29, 1.82) is 0 Å². The Bertz CT molecular complexity index is 511. The van der Waals surface area contributed by atoms with Gasteiger partial charge in [0.1, 0.15) is 6.29 Å². The molecule has 1 heterocycles. The molecule has 2 aliphatic rings. The second-order valence-corrected chi connectivity index (χ2v) is 4.77. The summed E-state index contributed by atoms with van der Waals surface area (Å²) < 4.78 is 5.13. The number of fused-ring (bicyclic) bond motifs is 1. The van der Waals surface area contributed by atoms with E-state index in [2.05, 4.69) is 9.89 Å². The van der Waals surface area contributed by atoms with E-state index in [1.54, 1.807) is 7.11 Å². The van der Waals surface area contributed by atoms with Crippen molar-refractivity contribution >= 4 is 18.3 Å². The van der Waals surface area contributed by atoms with Crippen LogP contribution >= 0.6 is 0 Å². The molecule has 1 aromatic carbocycles. The zero-order valence-electron chi connectivity index (χ0n) is 10.4. The van der Waals surface area contributed by atoms with Gasteiger partial charge in [-0.2, -0.15) is 0 Å². The van der Waals surface area contributed by atoms with Crippen LogP contribution in [0.3, 0.4) is 0 Å². The maximum atomic E-state index is 10.9. The molecule has 0 bridgehead atoms. The number of nitrogens with zero attached hydrogens (tertiary/aromatic N) is 2. The molecule has 0 saturated heterocycles. The van der Waals surface area contributed by atoms with E-state index in [0.29, 0.717) is 6.61 Å². The molecule has 0 fully saturated rings. The van der Waals surface area contributed by atoms with Crippen LogP contribution in [0.5, 0.6) is 0 Å². The molecule has 1 unspecified atom stereocenters. The van der Waals surface area contributed by atoms with Crippen molar-refractivity contribution in [3.05, 3.63) is 28.8 Å².